The molecule has 0 bridgehead atoms. The minimum atomic E-state index is 0.201. The topological polar surface area (TPSA) is 15.3 Å². The van der Waals surface area contributed by atoms with Crippen molar-refractivity contribution in [3.63, 3.8) is 0 Å². The summed E-state index contributed by atoms with van der Waals surface area (Å²) >= 11 is 0. The molecule has 0 fully saturated rings. The van der Waals surface area contributed by atoms with Gasteiger partial charge in [-0.1, -0.05) is 25.1 Å². The molecule has 0 saturated carbocycles. The van der Waals surface area contributed by atoms with Crippen molar-refractivity contribution >= 4 is 5.69 Å². The van der Waals surface area contributed by atoms with Crippen LogP contribution in [0.25, 0.3) is 0 Å². The predicted octanol–water partition coefficient (Wildman–Crippen LogP) is 3.22. The standard InChI is InChI=1S/C16H26N2/c1-5-14(12-17-16(2,3)4)18-11-10-13-8-6-7-9-15(13)18/h6-9,14,17H,5,10-12H2,1-4H3. The van der Waals surface area contributed by atoms with Gasteiger partial charge in [0.1, 0.15) is 0 Å². The van der Waals surface area contributed by atoms with Gasteiger partial charge in [-0.05, 0) is 45.2 Å². The molecule has 18 heavy (non-hydrogen) atoms. The molecular weight excluding hydrogens is 220 g/mol. The number of benzene rings is 1. The summed E-state index contributed by atoms with van der Waals surface area (Å²) in [6.45, 7) is 11.2. The largest absolute Gasteiger partial charge is 0.367 e. The molecule has 0 aromatic heterocycles. The predicted molar refractivity (Wildman–Crippen MR) is 79.3 cm³/mol. The van der Waals surface area contributed by atoms with E-state index in [4.69, 9.17) is 0 Å². The fourth-order valence-electron chi connectivity index (χ4n) is 2.64. The second kappa shape index (κ2) is 5.31. The van der Waals surface area contributed by atoms with Crippen molar-refractivity contribution in [1.82, 2.24) is 5.32 Å². The van der Waals surface area contributed by atoms with Crippen LogP contribution in [0.15, 0.2) is 24.3 Å². The number of nitrogens with zero attached hydrogens (tertiary/aromatic N) is 1. The van der Waals surface area contributed by atoms with Gasteiger partial charge >= 0.3 is 0 Å². The van der Waals surface area contributed by atoms with Gasteiger partial charge in [-0.25, -0.2) is 0 Å². The van der Waals surface area contributed by atoms with Gasteiger partial charge in [0, 0.05) is 30.4 Å². The molecule has 0 saturated heterocycles. The third kappa shape index (κ3) is 3.05. The highest BCUT2D eigenvalue weighted by Gasteiger charge is 2.25. The number of fused-ring (bicyclic) bond motifs is 1. The number of hydrogen-bond donors (Lipinski definition) is 1. The molecule has 100 valence electrons. The van der Waals surface area contributed by atoms with Gasteiger partial charge in [-0.3, -0.25) is 0 Å². The van der Waals surface area contributed by atoms with Gasteiger partial charge in [0.15, 0.2) is 0 Å². The lowest BCUT2D eigenvalue weighted by Gasteiger charge is -2.32. The summed E-state index contributed by atoms with van der Waals surface area (Å²) in [6.07, 6.45) is 2.39. The Morgan fingerprint density at radius 2 is 2.00 bits per heavy atom. The first-order chi connectivity index (χ1) is 8.51. The zero-order chi connectivity index (χ0) is 13.2. The first-order valence-electron chi connectivity index (χ1n) is 7.11. The Hall–Kier alpha value is -1.02. The minimum Gasteiger partial charge on any atom is -0.367 e. The smallest absolute Gasteiger partial charge is 0.0412 e. The van der Waals surface area contributed by atoms with Gasteiger partial charge in [0.2, 0.25) is 0 Å². The normalized spacial score (nSPS) is 16.8. The molecule has 1 atom stereocenters. The van der Waals surface area contributed by atoms with Crippen molar-refractivity contribution in [3.05, 3.63) is 29.8 Å². The fourth-order valence-corrected chi connectivity index (χ4v) is 2.64. The summed E-state index contributed by atoms with van der Waals surface area (Å²) in [4.78, 5) is 2.58. The molecule has 1 aromatic rings. The van der Waals surface area contributed by atoms with Crippen molar-refractivity contribution in [2.75, 3.05) is 18.0 Å². The van der Waals surface area contributed by atoms with E-state index in [-0.39, 0.29) is 5.54 Å². The number of para-hydroxylation sites is 1. The van der Waals surface area contributed by atoms with Crippen molar-refractivity contribution in [2.24, 2.45) is 0 Å². The van der Waals surface area contributed by atoms with Crippen LogP contribution in [0.3, 0.4) is 0 Å². The van der Waals surface area contributed by atoms with Gasteiger partial charge in [0.05, 0.1) is 0 Å². The monoisotopic (exact) mass is 246 g/mol. The quantitative estimate of drug-likeness (QED) is 0.877. The SMILES string of the molecule is CCC(CNC(C)(C)C)N1CCc2ccccc21. The van der Waals surface area contributed by atoms with Crippen molar-refractivity contribution < 1.29 is 0 Å². The Morgan fingerprint density at radius 1 is 1.28 bits per heavy atom. The van der Waals surface area contributed by atoms with Crippen LogP contribution in [0.5, 0.6) is 0 Å². The van der Waals surface area contributed by atoms with Crippen LogP contribution >= 0.6 is 0 Å². The maximum absolute atomic E-state index is 3.64. The molecular formula is C16H26N2. The lowest BCUT2D eigenvalue weighted by molar-refractivity contribution is 0.395. The number of hydrogen-bond acceptors (Lipinski definition) is 2. The van der Waals surface area contributed by atoms with E-state index in [0.29, 0.717) is 6.04 Å². The molecule has 1 N–H and O–H groups in total. The molecule has 0 aliphatic carbocycles. The van der Waals surface area contributed by atoms with Crippen LogP contribution in [-0.2, 0) is 6.42 Å². The molecule has 0 spiro atoms. The van der Waals surface area contributed by atoms with Crippen LogP contribution in [0.1, 0.15) is 39.7 Å². The third-order valence-corrected chi connectivity index (χ3v) is 3.70. The van der Waals surface area contributed by atoms with Crippen molar-refractivity contribution in [2.45, 2.75) is 52.1 Å². The molecule has 0 amide bonds. The lowest BCUT2D eigenvalue weighted by Crippen LogP contribution is -2.47. The van der Waals surface area contributed by atoms with E-state index in [1.165, 1.54) is 30.6 Å². The Labute approximate surface area is 111 Å². The first-order valence-corrected chi connectivity index (χ1v) is 7.11. The summed E-state index contributed by atoms with van der Waals surface area (Å²) < 4.78 is 0. The van der Waals surface area contributed by atoms with Gasteiger partial charge in [0.25, 0.3) is 0 Å². The van der Waals surface area contributed by atoms with Crippen LogP contribution in [0.4, 0.5) is 5.69 Å². The average Bonchev–Trinajstić information content (AvgIpc) is 2.73. The Kier molecular flexibility index (Phi) is 3.96. The summed E-state index contributed by atoms with van der Waals surface area (Å²) in [5.41, 5.74) is 3.15. The fraction of sp³-hybridized carbons (Fsp3) is 0.625. The molecule has 1 aliphatic rings. The summed E-state index contributed by atoms with van der Waals surface area (Å²) in [5.74, 6) is 0. The van der Waals surface area contributed by atoms with Crippen molar-refractivity contribution in [3.8, 4) is 0 Å². The van der Waals surface area contributed by atoms with Gasteiger partial charge < -0.3 is 10.2 Å². The molecule has 1 aromatic carbocycles. The van der Waals surface area contributed by atoms with E-state index in [1.54, 1.807) is 0 Å². The number of nitrogens with one attached hydrogen (secondary N) is 1. The minimum absolute atomic E-state index is 0.201. The molecule has 2 nitrogen and oxygen atoms in total. The Balaban J connectivity index is 2.06. The van der Waals surface area contributed by atoms with Gasteiger partial charge in [-0.15, -0.1) is 0 Å². The molecule has 1 unspecified atom stereocenters. The van der Waals surface area contributed by atoms with E-state index in [2.05, 4.69) is 62.2 Å². The van der Waals surface area contributed by atoms with E-state index in [9.17, 15) is 0 Å². The third-order valence-electron chi connectivity index (χ3n) is 3.70. The van der Waals surface area contributed by atoms with Crippen LogP contribution in [0, 0.1) is 0 Å². The van der Waals surface area contributed by atoms with E-state index >= 15 is 0 Å². The molecule has 1 aliphatic heterocycles. The Bertz CT molecular complexity index is 392. The zero-order valence-electron chi connectivity index (χ0n) is 12.2. The van der Waals surface area contributed by atoms with Crippen LogP contribution < -0.4 is 10.2 Å². The van der Waals surface area contributed by atoms with E-state index in [1.807, 2.05) is 0 Å². The summed E-state index contributed by atoms with van der Waals surface area (Å²) in [6, 6.07) is 9.44. The first kappa shape index (κ1) is 13.4. The summed E-state index contributed by atoms with van der Waals surface area (Å²) in [5, 5.41) is 3.64. The van der Waals surface area contributed by atoms with Crippen molar-refractivity contribution in [1.29, 1.82) is 0 Å². The van der Waals surface area contributed by atoms with E-state index < -0.39 is 0 Å². The molecule has 0 radical (unpaired) electrons. The Morgan fingerprint density at radius 3 is 2.67 bits per heavy atom. The van der Waals surface area contributed by atoms with E-state index in [0.717, 1.165) is 6.54 Å². The van der Waals surface area contributed by atoms with Gasteiger partial charge in [-0.2, -0.15) is 0 Å². The molecule has 2 rings (SSSR count). The molecule has 1 heterocycles. The highest BCUT2D eigenvalue weighted by atomic mass is 15.2. The number of rotatable bonds is 4. The molecule has 2 heteroatoms. The second-order valence-electron chi connectivity index (χ2n) is 6.27. The average molecular weight is 246 g/mol. The maximum atomic E-state index is 3.64. The second-order valence-corrected chi connectivity index (χ2v) is 6.27. The lowest BCUT2D eigenvalue weighted by atomic mass is 10.1. The maximum Gasteiger partial charge on any atom is 0.0412 e. The number of anilines is 1. The van der Waals surface area contributed by atoms with Crippen LogP contribution in [-0.4, -0.2) is 24.7 Å². The highest BCUT2D eigenvalue weighted by molar-refractivity contribution is 5.58. The highest BCUT2D eigenvalue weighted by Crippen LogP contribution is 2.29. The zero-order valence-corrected chi connectivity index (χ0v) is 12.2. The van der Waals surface area contributed by atoms with Crippen LogP contribution in [0.2, 0.25) is 0 Å². The summed E-state index contributed by atoms with van der Waals surface area (Å²) in [7, 11) is 0.